The summed E-state index contributed by atoms with van der Waals surface area (Å²) in [5.41, 5.74) is 2.27. The minimum Gasteiger partial charge on any atom is -0.326 e. The van der Waals surface area contributed by atoms with Gasteiger partial charge >= 0.3 is 0 Å². The van der Waals surface area contributed by atoms with Gasteiger partial charge in [0.1, 0.15) is 0 Å². The molecule has 0 saturated carbocycles. The summed E-state index contributed by atoms with van der Waals surface area (Å²) in [5, 5.41) is 4.70. The van der Waals surface area contributed by atoms with E-state index < -0.39 is 10.0 Å². The molecule has 0 radical (unpaired) electrons. The fourth-order valence-electron chi connectivity index (χ4n) is 2.30. The second-order valence-electron chi connectivity index (χ2n) is 5.66. The van der Waals surface area contributed by atoms with Gasteiger partial charge in [0.15, 0.2) is 5.13 Å². The van der Waals surface area contributed by atoms with Gasteiger partial charge in [-0.1, -0.05) is 30.3 Å². The number of carbonyl (C=O) groups is 1. The number of benzene rings is 2. The first-order valence-corrected chi connectivity index (χ1v) is 10.2. The van der Waals surface area contributed by atoms with Gasteiger partial charge < -0.3 is 5.32 Å². The van der Waals surface area contributed by atoms with E-state index in [-0.39, 0.29) is 22.4 Å². The number of carbonyl (C=O) groups excluding carboxylic acids is 1. The van der Waals surface area contributed by atoms with Gasteiger partial charge in [0.25, 0.3) is 10.0 Å². The lowest BCUT2D eigenvalue weighted by Crippen LogP contribution is -2.15. The fraction of sp³-hybridized carbons (Fsp3) is 0.111. The standard InChI is InChI=1S/C18H17N3O3S2/c1-13-6-5-7-14(10-13)19-17(22)11-15-12-25-18(20-15)21-26(23,24)16-8-3-2-4-9-16/h2-10,12H,11H2,1H3,(H,19,22)(H,20,21). The lowest BCUT2D eigenvalue weighted by atomic mass is 10.2. The SMILES string of the molecule is Cc1cccc(NC(=O)Cc2csc(NS(=O)(=O)c3ccccc3)n2)c1. The molecule has 3 rings (SSSR count). The molecular weight excluding hydrogens is 370 g/mol. The quantitative estimate of drug-likeness (QED) is 0.678. The molecule has 3 aromatic rings. The number of hydrogen-bond donors (Lipinski definition) is 2. The molecular formula is C18H17N3O3S2. The van der Waals surface area contributed by atoms with Crippen molar-refractivity contribution in [3.05, 3.63) is 71.2 Å². The highest BCUT2D eigenvalue weighted by Gasteiger charge is 2.16. The largest absolute Gasteiger partial charge is 0.326 e. The Morgan fingerprint density at radius 1 is 1.12 bits per heavy atom. The summed E-state index contributed by atoms with van der Waals surface area (Å²) in [6.45, 7) is 1.95. The number of rotatable bonds is 6. The fourth-order valence-corrected chi connectivity index (χ4v) is 4.29. The normalized spacial score (nSPS) is 11.1. The van der Waals surface area contributed by atoms with Crippen molar-refractivity contribution in [2.45, 2.75) is 18.2 Å². The lowest BCUT2D eigenvalue weighted by Gasteiger charge is -2.05. The van der Waals surface area contributed by atoms with Crippen molar-refractivity contribution in [1.29, 1.82) is 0 Å². The Morgan fingerprint density at radius 3 is 2.62 bits per heavy atom. The summed E-state index contributed by atoms with van der Waals surface area (Å²) in [7, 11) is -3.68. The molecule has 0 atom stereocenters. The Morgan fingerprint density at radius 2 is 1.88 bits per heavy atom. The molecule has 0 aliphatic heterocycles. The Kier molecular flexibility index (Phi) is 5.34. The third kappa shape index (κ3) is 4.68. The summed E-state index contributed by atoms with van der Waals surface area (Å²) in [5.74, 6) is -0.210. The highest BCUT2D eigenvalue weighted by Crippen LogP contribution is 2.20. The minimum absolute atomic E-state index is 0.0670. The summed E-state index contributed by atoms with van der Waals surface area (Å²) >= 11 is 1.14. The van der Waals surface area contributed by atoms with Crippen LogP contribution in [0, 0.1) is 6.92 Å². The molecule has 8 heteroatoms. The zero-order chi connectivity index (χ0) is 18.6. The maximum atomic E-state index is 12.3. The molecule has 1 aromatic heterocycles. The van der Waals surface area contributed by atoms with Crippen molar-refractivity contribution in [3.63, 3.8) is 0 Å². The molecule has 1 heterocycles. The molecule has 134 valence electrons. The number of nitrogens with one attached hydrogen (secondary N) is 2. The van der Waals surface area contributed by atoms with Crippen LogP contribution in [-0.2, 0) is 21.2 Å². The average Bonchev–Trinajstić information content (AvgIpc) is 3.01. The summed E-state index contributed by atoms with van der Waals surface area (Å²) in [6.07, 6.45) is 0.0670. The zero-order valence-electron chi connectivity index (χ0n) is 14.0. The van der Waals surface area contributed by atoms with Crippen LogP contribution in [0.5, 0.6) is 0 Å². The van der Waals surface area contributed by atoms with Crippen molar-refractivity contribution >= 4 is 38.1 Å². The van der Waals surface area contributed by atoms with Crippen molar-refractivity contribution in [1.82, 2.24) is 4.98 Å². The summed E-state index contributed by atoms with van der Waals surface area (Å²) < 4.78 is 27.0. The van der Waals surface area contributed by atoms with Crippen LogP contribution in [0.4, 0.5) is 10.8 Å². The lowest BCUT2D eigenvalue weighted by molar-refractivity contribution is -0.115. The van der Waals surface area contributed by atoms with E-state index in [1.54, 1.807) is 23.6 Å². The van der Waals surface area contributed by atoms with Gasteiger partial charge in [-0.25, -0.2) is 13.4 Å². The molecule has 0 fully saturated rings. The molecule has 0 aliphatic carbocycles. The van der Waals surface area contributed by atoms with E-state index in [9.17, 15) is 13.2 Å². The molecule has 2 N–H and O–H groups in total. The number of anilines is 2. The maximum absolute atomic E-state index is 12.3. The van der Waals surface area contributed by atoms with Crippen LogP contribution in [0.2, 0.25) is 0 Å². The number of nitrogens with zero attached hydrogens (tertiary/aromatic N) is 1. The molecule has 1 amide bonds. The van der Waals surface area contributed by atoms with Crippen LogP contribution in [0.15, 0.2) is 64.9 Å². The molecule has 0 aliphatic rings. The number of aryl methyl sites for hydroxylation is 1. The van der Waals surface area contributed by atoms with Gasteiger partial charge in [-0.15, -0.1) is 11.3 Å². The Labute approximate surface area is 156 Å². The van der Waals surface area contributed by atoms with Crippen molar-refractivity contribution < 1.29 is 13.2 Å². The highest BCUT2D eigenvalue weighted by atomic mass is 32.2. The van der Waals surface area contributed by atoms with E-state index in [1.165, 1.54) is 12.1 Å². The van der Waals surface area contributed by atoms with Crippen LogP contribution >= 0.6 is 11.3 Å². The average molecular weight is 387 g/mol. The zero-order valence-corrected chi connectivity index (χ0v) is 15.6. The third-order valence-corrected chi connectivity index (χ3v) is 5.76. The summed E-state index contributed by atoms with van der Waals surface area (Å²) in [4.78, 5) is 16.5. The van der Waals surface area contributed by atoms with Crippen LogP contribution < -0.4 is 10.0 Å². The molecule has 0 unspecified atom stereocenters. The van der Waals surface area contributed by atoms with Gasteiger partial charge in [0.2, 0.25) is 5.91 Å². The highest BCUT2D eigenvalue weighted by molar-refractivity contribution is 7.93. The van der Waals surface area contributed by atoms with Gasteiger partial charge in [0.05, 0.1) is 17.0 Å². The number of aromatic nitrogens is 1. The van der Waals surface area contributed by atoms with Crippen LogP contribution in [0.25, 0.3) is 0 Å². The van der Waals surface area contributed by atoms with Crippen LogP contribution in [0.3, 0.4) is 0 Å². The monoisotopic (exact) mass is 387 g/mol. The molecule has 26 heavy (non-hydrogen) atoms. The van der Waals surface area contributed by atoms with E-state index in [2.05, 4.69) is 15.0 Å². The molecule has 0 spiro atoms. The first-order valence-electron chi connectivity index (χ1n) is 7.81. The van der Waals surface area contributed by atoms with E-state index in [4.69, 9.17) is 0 Å². The van der Waals surface area contributed by atoms with Crippen molar-refractivity contribution in [2.75, 3.05) is 10.0 Å². The van der Waals surface area contributed by atoms with Gasteiger partial charge in [0, 0.05) is 11.1 Å². The molecule has 0 saturated heterocycles. The molecule has 6 nitrogen and oxygen atoms in total. The van der Waals surface area contributed by atoms with Gasteiger partial charge in [-0.2, -0.15) is 0 Å². The van der Waals surface area contributed by atoms with E-state index in [0.29, 0.717) is 5.69 Å². The Hall–Kier alpha value is -2.71. The van der Waals surface area contributed by atoms with Crippen LogP contribution in [0.1, 0.15) is 11.3 Å². The van der Waals surface area contributed by atoms with Gasteiger partial charge in [-0.3, -0.25) is 9.52 Å². The smallest absolute Gasteiger partial charge is 0.263 e. The first kappa shape index (κ1) is 18.1. The van der Waals surface area contributed by atoms with E-state index in [0.717, 1.165) is 22.6 Å². The number of thiazole rings is 1. The Balaban J connectivity index is 1.64. The van der Waals surface area contributed by atoms with Crippen molar-refractivity contribution in [2.24, 2.45) is 0 Å². The predicted octanol–water partition coefficient (Wildman–Crippen LogP) is 3.43. The second-order valence-corrected chi connectivity index (χ2v) is 8.20. The first-order chi connectivity index (χ1) is 12.4. The third-order valence-electron chi connectivity index (χ3n) is 3.47. The number of amides is 1. The Bertz CT molecular complexity index is 1010. The van der Waals surface area contributed by atoms with E-state index in [1.807, 2.05) is 31.2 Å². The minimum atomic E-state index is -3.68. The van der Waals surface area contributed by atoms with E-state index >= 15 is 0 Å². The number of hydrogen-bond acceptors (Lipinski definition) is 5. The maximum Gasteiger partial charge on any atom is 0.263 e. The number of sulfonamides is 1. The predicted molar refractivity (Wildman–Crippen MR) is 103 cm³/mol. The van der Waals surface area contributed by atoms with Gasteiger partial charge in [-0.05, 0) is 36.8 Å². The topological polar surface area (TPSA) is 88.2 Å². The summed E-state index contributed by atoms with van der Waals surface area (Å²) in [6, 6.07) is 15.6. The molecule has 0 bridgehead atoms. The second kappa shape index (κ2) is 7.67. The molecule has 2 aromatic carbocycles. The van der Waals surface area contributed by atoms with Crippen molar-refractivity contribution in [3.8, 4) is 0 Å². The van der Waals surface area contributed by atoms with Crippen LogP contribution in [-0.4, -0.2) is 19.3 Å².